The minimum absolute atomic E-state index is 0.0706. The smallest absolute Gasteiger partial charge is 0.410 e. The Balaban J connectivity index is 1.32. The van der Waals surface area contributed by atoms with Crippen LogP contribution in [0.25, 0.3) is 0 Å². The molecule has 0 saturated carbocycles. The molecular formula is C37H44F2N6O6. The molecule has 1 N–H and O–H groups in total. The molecule has 1 aliphatic rings. The summed E-state index contributed by atoms with van der Waals surface area (Å²) in [5.41, 5.74) is 0.691. The standard InChI is InChI=1S/C37H44F2N6O6/c1-23-16-31(48-7)34(39)28(33(23)38)22-50-27-18-40-35(41-19-27)42-26-11-12-29(30(17-26)49-15-14-43-13-9-8-10-32(43)46)44-20-24(2)45(25(3)21-44)36(47)51-37(4,5)6/h8-13,16-19,24-25H,14-15,20-22H2,1-7H3,(H,40,41,42)/t24-,25+. The highest BCUT2D eigenvalue weighted by Crippen LogP contribution is 2.35. The van der Waals surface area contributed by atoms with Crippen molar-refractivity contribution in [3.8, 4) is 17.2 Å². The van der Waals surface area contributed by atoms with Crippen LogP contribution in [0.15, 0.2) is 65.8 Å². The maximum Gasteiger partial charge on any atom is 0.410 e. The zero-order valence-corrected chi connectivity index (χ0v) is 29.9. The summed E-state index contributed by atoms with van der Waals surface area (Å²) < 4.78 is 53.5. The van der Waals surface area contributed by atoms with E-state index in [1.807, 2.05) is 52.8 Å². The van der Waals surface area contributed by atoms with Gasteiger partial charge >= 0.3 is 6.09 Å². The van der Waals surface area contributed by atoms with Crippen LogP contribution in [0.4, 0.5) is 30.9 Å². The number of benzene rings is 2. The number of ether oxygens (including phenoxy) is 4. The average Bonchev–Trinajstić information content (AvgIpc) is 3.07. The van der Waals surface area contributed by atoms with Crippen LogP contribution in [0.3, 0.4) is 0 Å². The summed E-state index contributed by atoms with van der Waals surface area (Å²) in [6.45, 7) is 12.3. The molecule has 1 fully saturated rings. The second-order valence-corrected chi connectivity index (χ2v) is 13.4. The van der Waals surface area contributed by atoms with Gasteiger partial charge in [0.25, 0.3) is 5.56 Å². The first-order valence-electron chi connectivity index (χ1n) is 16.7. The SMILES string of the molecule is COc1cc(C)c(F)c(COc2cnc(Nc3ccc(N4C[C@@H](C)N(C(=O)OC(C)(C)C)[C@@H](C)C4)c(OCCn4ccccc4=O)c3)nc2)c1F. The largest absolute Gasteiger partial charge is 0.494 e. The van der Waals surface area contributed by atoms with Crippen LogP contribution in [0.1, 0.15) is 45.7 Å². The zero-order valence-electron chi connectivity index (χ0n) is 29.9. The number of carbonyl (C=O) groups excluding carboxylic acids is 1. The van der Waals surface area contributed by atoms with E-state index >= 15 is 0 Å². The molecule has 1 saturated heterocycles. The van der Waals surface area contributed by atoms with Crippen molar-refractivity contribution in [3.63, 3.8) is 0 Å². The molecule has 51 heavy (non-hydrogen) atoms. The molecule has 272 valence electrons. The van der Waals surface area contributed by atoms with Gasteiger partial charge in [0.15, 0.2) is 17.3 Å². The first-order chi connectivity index (χ1) is 24.2. The topological polar surface area (TPSA) is 120 Å². The van der Waals surface area contributed by atoms with Crippen molar-refractivity contribution in [2.24, 2.45) is 0 Å². The van der Waals surface area contributed by atoms with Crippen LogP contribution in [0.2, 0.25) is 0 Å². The van der Waals surface area contributed by atoms with Gasteiger partial charge in [-0.2, -0.15) is 0 Å². The molecule has 2 aromatic carbocycles. The van der Waals surface area contributed by atoms with Crippen LogP contribution < -0.4 is 30.0 Å². The van der Waals surface area contributed by atoms with Crippen LogP contribution in [-0.4, -0.2) is 70.0 Å². The van der Waals surface area contributed by atoms with Crippen molar-refractivity contribution in [2.75, 3.05) is 37.0 Å². The summed E-state index contributed by atoms with van der Waals surface area (Å²) in [6, 6.07) is 11.6. The highest BCUT2D eigenvalue weighted by molar-refractivity contribution is 5.71. The minimum atomic E-state index is -0.828. The number of anilines is 3. The number of aryl methyl sites for hydroxylation is 1. The molecule has 2 atom stereocenters. The number of nitrogens with one attached hydrogen (secondary N) is 1. The predicted octanol–water partition coefficient (Wildman–Crippen LogP) is 6.47. The number of rotatable bonds is 11. The molecule has 0 aliphatic carbocycles. The second-order valence-electron chi connectivity index (χ2n) is 13.4. The molecule has 12 nitrogen and oxygen atoms in total. The molecule has 5 rings (SSSR count). The number of methoxy groups -OCH3 is 1. The lowest BCUT2D eigenvalue weighted by molar-refractivity contribution is 0.00563. The molecular weight excluding hydrogens is 662 g/mol. The number of pyridine rings is 1. The molecule has 0 spiro atoms. The molecule has 0 radical (unpaired) electrons. The number of hydrogen-bond donors (Lipinski definition) is 1. The summed E-state index contributed by atoms with van der Waals surface area (Å²) in [4.78, 5) is 37.8. The van der Waals surface area contributed by atoms with E-state index in [4.69, 9.17) is 18.9 Å². The Hall–Kier alpha value is -5.40. The predicted molar refractivity (Wildman–Crippen MR) is 189 cm³/mol. The monoisotopic (exact) mass is 706 g/mol. The first kappa shape index (κ1) is 36.9. The number of amides is 1. The van der Waals surface area contributed by atoms with Gasteiger partial charge in [0.1, 0.15) is 30.4 Å². The van der Waals surface area contributed by atoms with Crippen LogP contribution >= 0.6 is 0 Å². The molecule has 4 aromatic rings. The lowest BCUT2D eigenvalue weighted by Gasteiger charge is -2.45. The van der Waals surface area contributed by atoms with Crippen LogP contribution in [0, 0.1) is 18.6 Å². The van der Waals surface area contributed by atoms with Gasteiger partial charge < -0.3 is 33.7 Å². The van der Waals surface area contributed by atoms with E-state index in [1.54, 1.807) is 27.8 Å². The molecule has 1 amide bonds. The third-order valence-electron chi connectivity index (χ3n) is 8.24. The zero-order chi connectivity index (χ0) is 36.9. The Morgan fingerprint density at radius 1 is 0.980 bits per heavy atom. The number of nitrogens with zero attached hydrogens (tertiary/aromatic N) is 5. The van der Waals surface area contributed by atoms with E-state index in [2.05, 4.69) is 20.2 Å². The molecule has 2 aromatic heterocycles. The van der Waals surface area contributed by atoms with E-state index in [9.17, 15) is 18.4 Å². The second kappa shape index (κ2) is 15.7. The van der Waals surface area contributed by atoms with E-state index < -0.39 is 17.2 Å². The molecule has 0 unspecified atom stereocenters. The quantitative estimate of drug-likeness (QED) is 0.186. The fourth-order valence-corrected chi connectivity index (χ4v) is 5.88. The summed E-state index contributed by atoms with van der Waals surface area (Å²) in [5.74, 6) is -0.584. The van der Waals surface area contributed by atoms with Crippen molar-refractivity contribution < 1.29 is 32.5 Å². The van der Waals surface area contributed by atoms with E-state index in [-0.39, 0.29) is 65.5 Å². The van der Waals surface area contributed by atoms with Gasteiger partial charge in [0.2, 0.25) is 5.95 Å². The number of hydrogen-bond acceptors (Lipinski definition) is 10. The third-order valence-corrected chi connectivity index (χ3v) is 8.24. The maximum atomic E-state index is 14.7. The Morgan fingerprint density at radius 2 is 1.69 bits per heavy atom. The molecule has 14 heteroatoms. The molecule has 3 heterocycles. The van der Waals surface area contributed by atoms with Crippen LogP contribution in [0.5, 0.6) is 17.2 Å². The van der Waals surface area contributed by atoms with Gasteiger partial charge in [-0.3, -0.25) is 9.69 Å². The van der Waals surface area contributed by atoms with E-state index in [1.165, 1.54) is 38.6 Å². The Labute approximate surface area is 295 Å². The van der Waals surface area contributed by atoms with Gasteiger partial charge in [0, 0.05) is 37.1 Å². The van der Waals surface area contributed by atoms with Crippen molar-refractivity contribution in [1.82, 2.24) is 19.4 Å². The van der Waals surface area contributed by atoms with Gasteiger partial charge in [-0.15, -0.1) is 0 Å². The summed E-state index contributed by atoms with van der Waals surface area (Å²) in [5, 5.41) is 3.16. The van der Waals surface area contributed by atoms with Gasteiger partial charge in [-0.05, 0) is 71.4 Å². The van der Waals surface area contributed by atoms with Gasteiger partial charge in [0.05, 0.1) is 49.4 Å². The fourth-order valence-electron chi connectivity index (χ4n) is 5.88. The summed E-state index contributed by atoms with van der Waals surface area (Å²) in [7, 11) is 1.31. The summed E-state index contributed by atoms with van der Waals surface area (Å²) >= 11 is 0. The van der Waals surface area contributed by atoms with Crippen molar-refractivity contribution >= 4 is 23.4 Å². The lowest BCUT2D eigenvalue weighted by Crippen LogP contribution is -2.59. The molecule has 0 bridgehead atoms. The first-order valence-corrected chi connectivity index (χ1v) is 16.7. The number of piperazine rings is 1. The maximum absolute atomic E-state index is 14.7. The molecule has 1 aliphatic heterocycles. The normalized spacial score (nSPS) is 16.1. The third kappa shape index (κ3) is 9.04. The average molecular weight is 707 g/mol. The number of carbonyl (C=O) groups is 1. The van der Waals surface area contributed by atoms with Crippen molar-refractivity contribution in [1.29, 1.82) is 0 Å². The lowest BCUT2D eigenvalue weighted by atomic mass is 10.1. The van der Waals surface area contributed by atoms with Crippen molar-refractivity contribution in [2.45, 2.75) is 72.4 Å². The number of halogens is 2. The highest BCUT2D eigenvalue weighted by atomic mass is 19.1. The van der Waals surface area contributed by atoms with E-state index in [0.29, 0.717) is 31.1 Å². The Morgan fingerprint density at radius 3 is 2.33 bits per heavy atom. The Kier molecular flexibility index (Phi) is 11.3. The van der Waals surface area contributed by atoms with Crippen LogP contribution in [-0.2, 0) is 17.9 Å². The van der Waals surface area contributed by atoms with E-state index in [0.717, 1.165) is 5.69 Å². The number of aromatic nitrogens is 3. The van der Waals surface area contributed by atoms with Gasteiger partial charge in [-0.25, -0.2) is 23.5 Å². The fraction of sp³-hybridized carbons (Fsp3) is 0.405. The summed E-state index contributed by atoms with van der Waals surface area (Å²) in [6.07, 6.45) is 4.15. The minimum Gasteiger partial charge on any atom is -0.494 e. The van der Waals surface area contributed by atoms with Gasteiger partial charge in [-0.1, -0.05) is 6.07 Å². The Bertz CT molecular complexity index is 1890. The van der Waals surface area contributed by atoms with Crippen molar-refractivity contribution in [3.05, 3.63) is 94.2 Å². The highest BCUT2D eigenvalue weighted by Gasteiger charge is 2.36.